The standard InChI is InChI=1S/C13H14N2O.3C2H6/c1-9-10-6-7-14-8-13(10)16-12-5-3-2-4-11(12)15-9;3*1-2/h2-5,14H,6-8H2,1H3;3*1-2H3. The molecule has 22 heavy (non-hydrogen) atoms. The minimum absolute atomic E-state index is 0.802. The molecule has 0 radical (unpaired) electrons. The Kier molecular flexibility index (Phi) is 11.1. The van der Waals surface area contributed by atoms with E-state index in [1.165, 1.54) is 5.57 Å². The molecule has 0 fully saturated rings. The SMILES string of the molecule is CC.CC.CC.CC1=Nc2ccccc2OC2=C1CCNC2. The van der Waals surface area contributed by atoms with E-state index >= 15 is 0 Å². The molecular weight excluding hydrogens is 272 g/mol. The van der Waals surface area contributed by atoms with Gasteiger partial charge in [0.15, 0.2) is 5.75 Å². The second-order valence-corrected chi connectivity index (χ2v) is 4.10. The molecule has 2 aliphatic rings. The zero-order valence-electron chi connectivity index (χ0n) is 15.3. The summed E-state index contributed by atoms with van der Waals surface area (Å²) in [5.74, 6) is 1.88. The maximum atomic E-state index is 5.93. The first kappa shape index (κ1) is 20.4. The quantitative estimate of drug-likeness (QED) is 0.687. The van der Waals surface area contributed by atoms with Crippen LogP contribution in [-0.2, 0) is 0 Å². The highest BCUT2D eigenvalue weighted by Crippen LogP contribution is 2.33. The van der Waals surface area contributed by atoms with Crippen LogP contribution in [0.1, 0.15) is 54.9 Å². The molecule has 0 saturated carbocycles. The van der Waals surface area contributed by atoms with Crippen molar-refractivity contribution in [2.24, 2.45) is 4.99 Å². The molecule has 0 amide bonds. The van der Waals surface area contributed by atoms with Crippen LogP contribution >= 0.6 is 0 Å². The van der Waals surface area contributed by atoms with E-state index in [1.807, 2.05) is 65.8 Å². The van der Waals surface area contributed by atoms with E-state index in [2.05, 4.69) is 17.2 Å². The van der Waals surface area contributed by atoms with Gasteiger partial charge in [-0.25, -0.2) is 4.99 Å². The summed E-state index contributed by atoms with van der Waals surface area (Å²) in [6, 6.07) is 7.92. The number of aliphatic imine (C=N–C) groups is 1. The molecule has 1 aromatic rings. The number of benzene rings is 1. The van der Waals surface area contributed by atoms with E-state index in [0.29, 0.717) is 0 Å². The van der Waals surface area contributed by atoms with Gasteiger partial charge < -0.3 is 10.1 Å². The predicted molar refractivity (Wildman–Crippen MR) is 98.4 cm³/mol. The van der Waals surface area contributed by atoms with Gasteiger partial charge in [-0.1, -0.05) is 53.7 Å². The maximum absolute atomic E-state index is 5.93. The summed E-state index contributed by atoms with van der Waals surface area (Å²) < 4.78 is 5.93. The van der Waals surface area contributed by atoms with Gasteiger partial charge in [0.05, 0.1) is 6.54 Å². The Morgan fingerprint density at radius 3 is 2.32 bits per heavy atom. The van der Waals surface area contributed by atoms with Crippen LogP contribution in [0.4, 0.5) is 5.69 Å². The molecule has 1 aromatic carbocycles. The Bertz CT molecular complexity index is 490. The Balaban J connectivity index is 0.000000661. The smallest absolute Gasteiger partial charge is 0.152 e. The molecule has 0 spiro atoms. The van der Waals surface area contributed by atoms with Crippen LogP contribution in [0.5, 0.6) is 5.75 Å². The van der Waals surface area contributed by atoms with Crippen molar-refractivity contribution >= 4 is 11.4 Å². The molecule has 0 atom stereocenters. The Hall–Kier alpha value is -1.61. The number of hydrogen-bond acceptors (Lipinski definition) is 3. The molecule has 124 valence electrons. The fourth-order valence-electron chi connectivity index (χ4n) is 2.16. The van der Waals surface area contributed by atoms with Crippen molar-refractivity contribution in [1.29, 1.82) is 0 Å². The van der Waals surface area contributed by atoms with Crippen molar-refractivity contribution in [2.75, 3.05) is 13.1 Å². The normalized spacial score (nSPS) is 14.8. The Morgan fingerprint density at radius 2 is 1.64 bits per heavy atom. The summed E-state index contributed by atoms with van der Waals surface area (Å²) >= 11 is 0. The minimum Gasteiger partial charge on any atom is -0.458 e. The number of fused-ring (bicyclic) bond motifs is 1. The van der Waals surface area contributed by atoms with Crippen LogP contribution < -0.4 is 10.1 Å². The third kappa shape index (κ3) is 5.30. The number of hydrogen-bond donors (Lipinski definition) is 1. The zero-order chi connectivity index (χ0) is 17.0. The number of nitrogens with zero attached hydrogens (tertiary/aromatic N) is 1. The van der Waals surface area contributed by atoms with Crippen molar-refractivity contribution in [3.8, 4) is 5.75 Å². The zero-order valence-corrected chi connectivity index (χ0v) is 15.3. The van der Waals surface area contributed by atoms with E-state index in [-0.39, 0.29) is 0 Å². The summed E-state index contributed by atoms with van der Waals surface area (Å²) in [5.41, 5.74) is 3.27. The van der Waals surface area contributed by atoms with E-state index in [0.717, 1.165) is 42.4 Å². The fraction of sp³-hybridized carbons (Fsp3) is 0.526. The molecule has 3 rings (SSSR count). The van der Waals surface area contributed by atoms with Crippen LogP contribution in [0.15, 0.2) is 40.6 Å². The lowest BCUT2D eigenvalue weighted by Crippen LogP contribution is -2.29. The van der Waals surface area contributed by atoms with Crippen molar-refractivity contribution in [1.82, 2.24) is 5.32 Å². The first-order valence-electron chi connectivity index (χ1n) is 8.60. The summed E-state index contributed by atoms with van der Waals surface area (Å²) in [4.78, 5) is 4.63. The fourth-order valence-corrected chi connectivity index (χ4v) is 2.16. The van der Waals surface area contributed by atoms with Crippen molar-refractivity contribution in [2.45, 2.75) is 54.9 Å². The van der Waals surface area contributed by atoms with Crippen molar-refractivity contribution in [3.63, 3.8) is 0 Å². The monoisotopic (exact) mass is 304 g/mol. The molecule has 2 heterocycles. The van der Waals surface area contributed by atoms with E-state index < -0.39 is 0 Å². The third-order valence-corrected chi connectivity index (χ3v) is 3.00. The van der Waals surface area contributed by atoms with Crippen LogP contribution in [0.3, 0.4) is 0 Å². The topological polar surface area (TPSA) is 33.6 Å². The molecule has 0 unspecified atom stereocenters. The Morgan fingerprint density at radius 1 is 1.00 bits per heavy atom. The summed E-state index contributed by atoms with van der Waals surface area (Å²) in [6.07, 6.45) is 0.999. The van der Waals surface area contributed by atoms with Crippen molar-refractivity contribution in [3.05, 3.63) is 35.6 Å². The largest absolute Gasteiger partial charge is 0.458 e. The predicted octanol–water partition coefficient (Wildman–Crippen LogP) is 5.50. The number of ether oxygens (including phenoxy) is 1. The molecule has 2 aliphatic heterocycles. The van der Waals surface area contributed by atoms with Gasteiger partial charge in [-0.2, -0.15) is 0 Å². The summed E-state index contributed by atoms with van der Waals surface area (Å²) in [7, 11) is 0. The lowest BCUT2D eigenvalue weighted by Gasteiger charge is -2.19. The van der Waals surface area contributed by atoms with Crippen molar-refractivity contribution < 1.29 is 4.74 Å². The Labute approximate surface area is 136 Å². The molecular formula is C19H32N2O. The van der Waals surface area contributed by atoms with Gasteiger partial charge in [0.25, 0.3) is 0 Å². The first-order valence-corrected chi connectivity index (χ1v) is 8.60. The van der Waals surface area contributed by atoms with E-state index in [1.54, 1.807) is 0 Å². The summed E-state index contributed by atoms with van der Waals surface area (Å²) in [5, 5.41) is 3.33. The minimum atomic E-state index is 0.802. The van der Waals surface area contributed by atoms with E-state index in [4.69, 9.17) is 4.74 Å². The van der Waals surface area contributed by atoms with Gasteiger partial charge in [0.2, 0.25) is 0 Å². The lowest BCUT2D eigenvalue weighted by molar-refractivity contribution is 0.390. The number of rotatable bonds is 0. The molecule has 1 N–H and O–H groups in total. The van der Waals surface area contributed by atoms with Crippen LogP contribution in [-0.4, -0.2) is 18.8 Å². The van der Waals surface area contributed by atoms with Crippen LogP contribution in [0, 0.1) is 0 Å². The average molecular weight is 304 g/mol. The average Bonchev–Trinajstić information content (AvgIpc) is 2.76. The molecule has 3 nitrogen and oxygen atoms in total. The number of nitrogens with one attached hydrogen (secondary N) is 1. The molecule has 0 aromatic heterocycles. The summed E-state index contributed by atoms with van der Waals surface area (Å²) in [6.45, 7) is 15.9. The van der Waals surface area contributed by atoms with Gasteiger partial charge in [-0.15, -0.1) is 0 Å². The van der Waals surface area contributed by atoms with Gasteiger partial charge in [0, 0.05) is 11.3 Å². The van der Waals surface area contributed by atoms with Gasteiger partial charge >= 0.3 is 0 Å². The molecule has 0 bridgehead atoms. The third-order valence-electron chi connectivity index (χ3n) is 3.00. The highest BCUT2D eigenvalue weighted by molar-refractivity contribution is 6.01. The molecule has 3 heteroatoms. The molecule has 0 saturated heterocycles. The van der Waals surface area contributed by atoms with Crippen LogP contribution in [0.2, 0.25) is 0 Å². The maximum Gasteiger partial charge on any atom is 0.152 e. The highest BCUT2D eigenvalue weighted by atomic mass is 16.5. The van der Waals surface area contributed by atoms with Crippen LogP contribution in [0.25, 0.3) is 0 Å². The lowest BCUT2D eigenvalue weighted by atomic mass is 10.0. The molecule has 0 aliphatic carbocycles. The van der Waals surface area contributed by atoms with Gasteiger partial charge in [-0.3, -0.25) is 0 Å². The second-order valence-electron chi connectivity index (χ2n) is 4.10. The number of para-hydroxylation sites is 2. The highest BCUT2D eigenvalue weighted by Gasteiger charge is 2.20. The first-order chi connectivity index (χ1) is 10.8. The second kappa shape index (κ2) is 12.0. The van der Waals surface area contributed by atoms with Gasteiger partial charge in [0.1, 0.15) is 11.4 Å². The van der Waals surface area contributed by atoms with Gasteiger partial charge in [-0.05, 0) is 32.0 Å². The van der Waals surface area contributed by atoms with E-state index in [9.17, 15) is 0 Å².